The van der Waals surface area contributed by atoms with Crippen LogP contribution in [-0.2, 0) is 0 Å². The van der Waals surface area contributed by atoms with Gasteiger partial charge >= 0.3 is 71.9 Å². The first-order valence-corrected chi connectivity index (χ1v) is 11.1. The Morgan fingerprint density at radius 2 is 1.83 bits per heavy atom. The molecule has 1 rings (SSSR count). The van der Waals surface area contributed by atoms with E-state index >= 15 is 0 Å². The summed E-state index contributed by atoms with van der Waals surface area (Å²) in [7, 11) is 0. The molecule has 0 aliphatic carbocycles. The van der Waals surface area contributed by atoms with Crippen LogP contribution in [0.4, 0.5) is 0 Å². The van der Waals surface area contributed by atoms with Crippen molar-refractivity contribution in [2.75, 3.05) is 0 Å². The molecule has 5 heteroatoms. The zero-order valence-corrected chi connectivity index (χ0v) is 9.49. The summed E-state index contributed by atoms with van der Waals surface area (Å²) < 4.78 is 0.773. The molecule has 0 saturated carbocycles. The van der Waals surface area contributed by atoms with Gasteiger partial charge in [0.1, 0.15) is 0 Å². The first-order valence-electron chi connectivity index (χ1n) is 3.74. The Hall–Kier alpha value is -0.777. The summed E-state index contributed by atoms with van der Waals surface area (Å²) in [4.78, 5) is 26.6. The van der Waals surface area contributed by atoms with Crippen molar-refractivity contribution in [1.29, 1.82) is 0 Å². The minimum atomic E-state index is -2.10. The average molecular weight is 229 g/mol. The first kappa shape index (κ1) is 9.31. The maximum absolute atomic E-state index is 11.3. The van der Waals surface area contributed by atoms with Gasteiger partial charge in [0.05, 0.1) is 0 Å². The van der Waals surface area contributed by atoms with Crippen LogP contribution in [0.5, 0.6) is 0 Å². The van der Waals surface area contributed by atoms with Crippen LogP contribution < -0.4 is 15.6 Å². The minimum absolute atomic E-state index is 0.230. The van der Waals surface area contributed by atoms with Crippen molar-refractivity contribution in [2.45, 2.75) is 17.3 Å². The van der Waals surface area contributed by atoms with Crippen LogP contribution in [0.3, 0.4) is 0 Å². The van der Waals surface area contributed by atoms with Crippen molar-refractivity contribution >= 4 is 17.7 Å². The number of nitrogens with one attached hydrogen (secondary N) is 2. The number of hydrogen-bond donors (Lipinski definition) is 2. The van der Waals surface area contributed by atoms with Gasteiger partial charge in [-0.15, -0.1) is 0 Å². The van der Waals surface area contributed by atoms with E-state index in [-0.39, 0.29) is 5.56 Å². The average Bonchev–Trinajstić information content (AvgIpc) is 1.83. The van der Waals surface area contributed by atoms with Crippen LogP contribution >= 0.6 is 0 Å². The third-order valence-electron chi connectivity index (χ3n) is 1.63. The molecule has 0 amide bonds. The van der Waals surface area contributed by atoms with Gasteiger partial charge in [-0.3, -0.25) is 0 Å². The Balaban J connectivity index is 3.39. The molecule has 0 bridgehead atoms. The summed E-state index contributed by atoms with van der Waals surface area (Å²) in [6.45, 7) is 0. The number of H-pyrrole nitrogens is 2. The molecule has 1 heterocycles. The Morgan fingerprint density at radius 3 is 2.25 bits per heavy atom. The van der Waals surface area contributed by atoms with E-state index < -0.39 is 19.0 Å². The van der Waals surface area contributed by atoms with E-state index in [2.05, 4.69) is 27.2 Å². The van der Waals surface area contributed by atoms with E-state index in [9.17, 15) is 9.59 Å². The van der Waals surface area contributed by atoms with Crippen LogP contribution in [0.25, 0.3) is 0 Å². The van der Waals surface area contributed by atoms with Crippen molar-refractivity contribution in [3.63, 3.8) is 0 Å². The van der Waals surface area contributed by atoms with Gasteiger partial charge < -0.3 is 0 Å². The zero-order chi connectivity index (χ0) is 9.35. The predicted octanol–water partition coefficient (Wildman–Crippen LogP) is -0.392. The van der Waals surface area contributed by atoms with Crippen molar-refractivity contribution in [3.05, 3.63) is 27.0 Å². The fourth-order valence-corrected chi connectivity index (χ4v) is 3.59. The van der Waals surface area contributed by atoms with Gasteiger partial charge in [-0.2, -0.15) is 0 Å². The summed E-state index contributed by atoms with van der Waals surface area (Å²) in [5, 5.41) is 0. The first-order chi connectivity index (χ1) is 5.41. The molecule has 1 aromatic rings. The summed E-state index contributed by atoms with van der Waals surface area (Å²) in [6.07, 6.45) is 1.54. The topological polar surface area (TPSA) is 65.7 Å². The van der Waals surface area contributed by atoms with Crippen molar-refractivity contribution in [2.24, 2.45) is 0 Å². The molecule has 0 radical (unpaired) electrons. The third-order valence-corrected chi connectivity index (χ3v) is 5.80. The molecule has 0 aliphatic heterocycles. The number of rotatable bonds is 1. The van der Waals surface area contributed by atoms with Crippen LogP contribution in [0.15, 0.2) is 15.8 Å². The Morgan fingerprint density at radius 1 is 1.25 bits per heavy atom. The summed E-state index contributed by atoms with van der Waals surface area (Å²) in [6, 6.07) is 0. The van der Waals surface area contributed by atoms with Gasteiger partial charge in [0, 0.05) is 0 Å². The molecule has 12 heavy (non-hydrogen) atoms. The second-order valence-corrected chi connectivity index (χ2v) is 14.3. The molecule has 0 saturated heterocycles. The van der Waals surface area contributed by atoms with E-state index in [1.54, 1.807) is 6.20 Å². The van der Waals surface area contributed by atoms with Gasteiger partial charge in [0.15, 0.2) is 0 Å². The monoisotopic (exact) mass is 230 g/mol. The Kier molecular flexibility index (Phi) is 2.27. The van der Waals surface area contributed by atoms with Crippen LogP contribution in [0.2, 0.25) is 17.3 Å². The van der Waals surface area contributed by atoms with Gasteiger partial charge in [0.2, 0.25) is 0 Å². The number of aromatic nitrogens is 2. The Labute approximate surface area is 72.4 Å². The van der Waals surface area contributed by atoms with Crippen molar-refractivity contribution in [3.8, 4) is 0 Å². The van der Waals surface area contributed by atoms with E-state index in [0.717, 1.165) is 4.40 Å². The van der Waals surface area contributed by atoms with Crippen LogP contribution in [0, 0.1) is 0 Å². The summed E-state index contributed by atoms with van der Waals surface area (Å²) >= 11 is -2.10. The van der Waals surface area contributed by atoms with E-state index in [1.807, 2.05) is 0 Å². The van der Waals surface area contributed by atoms with Crippen LogP contribution in [-0.4, -0.2) is 23.2 Å². The molecular weight excluding hydrogens is 217 g/mol. The van der Waals surface area contributed by atoms with Crippen molar-refractivity contribution < 1.29 is 0 Å². The van der Waals surface area contributed by atoms with E-state index in [1.165, 1.54) is 0 Å². The molecule has 1 aromatic heterocycles. The molecule has 2 N–H and O–H groups in total. The second kappa shape index (κ2) is 2.93. The molecule has 0 aliphatic rings. The zero-order valence-electron chi connectivity index (χ0n) is 7.39. The second-order valence-electron chi connectivity index (χ2n) is 3.74. The van der Waals surface area contributed by atoms with Gasteiger partial charge in [0.25, 0.3) is 0 Å². The standard InChI is InChI=1S/C7H12GeN2O2/c1-8(2,3)5-4-9-7(12)10-6(5)11/h4H,1-3H3,(H2,9,10,11,12). The summed E-state index contributed by atoms with van der Waals surface area (Å²) in [5.41, 5.74) is -0.665. The molecular formula is C7H12GeN2O2. The quantitative estimate of drug-likeness (QED) is 0.643. The van der Waals surface area contributed by atoms with Crippen LogP contribution in [0.1, 0.15) is 0 Å². The van der Waals surface area contributed by atoms with Gasteiger partial charge in [-0.1, -0.05) is 0 Å². The van der Waals surface area contributed by atoms with Crippen molar-refractivity contribution in [1.82, 2.24) is 9.97 Å². The molecule has 4 nitrogen and oxygen atoms in total. The van der Waals surface area contributed by atoms with E-state index in [4.69, 9.17) is 0 Å². The molecule has 0 fully saturated rings. The van der Waals surface area contributed by atoms with Gasteiger partial charge in [-0.25, -0.2) is 0 Å². The maximum atomic E-state index is 11.3. The van der Waals surface area contributed by atoms with Gasteiger partial charge in [-0.05, 0) is 0 Å². The molecule has 0 atom stereocenters. The fourth-order valence-electron chi connectivity index (χ4n) is 0.967. The molecule has 66 valence electrons. The molecule has 0 spiro atoms. The molecule has 0 aromatic carbocycles. The SMILES string of the molecule is [CH3][Ge]([CH3])([CH3])[c]1c[nH]c(=O)[nH]c1=O. The van der Waals surface area contributed by atoms with E-state index in [0.29, 0.717) is 0 Å². The fraction of sp³-hybridized carbons (Fsp3) is 0.429. The summed E-state index contributed by atoms with van der Waals surface area (Å²) in [5.74, 6) is 6.30. The predicted molar refractivity (Wildman–Crippen MR) is 50.7 cm³/mol. The third kappa shape index (κ3) is 1.88. The molecule has 0 unspecified atom stereocenters. The Bertz CT molecular complexity index is 385. The number of hydrogen-bond acceptors (Lipinski definition) is 2. The number of aromatic amines is 2. The normalized spacial score (nSPS) is 11.6.